The minimum Gasteiger partial charge on any atom is -0.334 e. The molecule has 0 aromatic heterocycles. The van der Waals surface area contributed by atoms with Gasteiger partial charge in [0.25, 0.3) is 0 Å². The van der Waals surface area contributed by atoms with Crippen molar-refractivity contribution in [1.29, 1.82) is 0 Å². The third kappa shape index (κ3) is 5.85. The van der Waals surface area contributed by atoms with Crippen LogP contribution in [0.15, 0.2) is 36.4 Å². The van der Waals surface area contributed by atoms with Crippen LogP contribution in [0.3, 0.4) is 0 Å². The number of carbonyl (C=O) groups excluding carboxylic acids is 1. The SMILES string of the molecule is C[C@H](CN1CCCC1)NC(=O)N1CCN(C/C=C/c2ccccc2)CC1. The number of hydrogen-bond donors (Lipinski definition) is 1. The quantitative estimate of drug-likeness (QED) is 0.851. The van der Waals surface area contributed by atoms with E-state index in [2.05, 4.69) is 58.5 Å². The molecule has 0 spiro atoms. The number of urea groups is 1. The van der Waals surface area contributed by atoms with E-state index in [0.717, 1.165) is 39.3 Å². The van der Waals surface area contributed by atoms with Crippen molar-refractivity contribution in [2.24, 2.45) is 0 Å². The summed E-state index contributed by atoms with van der Waals surface area (Å²) in [6.45, 7) is 9.86. The van der Waals surface area contributed by atoms with Crippen LogP contribution in [-0.4, -0.2) is 79.1 Å². The highest BCUT2D eigenvalue weighted by molar-refractivity contribution is 5.74. The molecule has 2 fully saturated rings. The minimum atomic E-state index is 0.0937. The number of amides is 2. The second-order valence-electron chi connectivity index (χ2n) is 7.46. The van der Waals surface area contributed by atoms with Crippen molar-refractivity contribution in [3.8, 4) is 0 Å². The summed E-state index contributed by atoms with van der Waals surface area (Å²) in [6, 6.07) is 10.7. The van der Waals surface area contributed by atoms with E-state index in [4.69, 9.17) is 0 Å². The standard InChI is InChI=1S/C21H32N4O/c1-19(18-24-11-5-6-12-24)22-21(26)25-16-14-23(15-17-25)13-7-10-20-8-3-2-4-9-20/h2-4,7-10,19H,5-6,11-18H2,1H3,(H,22,26)/b10-7+/t19-/m1/s1. The Kier molecular flexibility index (Phi) is 7.09. The molecule has 1 aromatic carbocycles. The number of likely N-dealkylation sites (tertiary alicyclic amines) is 1. The monoisotopic (exact) mass is 356 g/mol. The number of hydrogen-bond acceptors (Lipinski definition) is 3. The molecule has 0 aliphatic carbocycles. The molecule has 0 unspecified atom stereocenters. The predicted molar refractivity (Wildman–Crippen MR) is 107 cm³/mol. The van der Waals surface area contributed by atoms with Crippen LogP contribution >= 0.6 is 0 Å². The molecule has 2 saturated heterocycles. The van der Waals surface area contributed by atoms with Gasteiger partial charge in [-0.25, -0.2) is 4.79 Å². The number of benzene rings is 1. The third-order valence-corrected chi connectivity index (χ3v) is 5.23. The zero-order valence-electron chi connectivity index (χ0n) is 15.9. The van der Waals surface area contributed by atoms with Crippen molar-refractivity contribution in [2.45, 2.75) is 25.8 Å². The van der Waals surface area contributed by atoms with Crippen LogP contribution in [0.1, 0.15) is 25.3 Å². The lowest BCUT2D eigenvalue weighted by Gasteiger charge is -2.35. The Balaban J connectivity index is 1.34. The van der Waals surface area contributed by atoms with Gasteiger partial charge in [-0.15, -0.1) is 0 Å². The van der Waals surface area contributed by atoms with E-state index in [0.29, 0.717) is 0 Å². The van der Waals surface area contributed by atoms with Gasteiger partial charge in [-0.1, -0.05) is 42.5 Å². The summed E-state index contributed by atoms with van der Waals surface area (Å²) in [5.74, 6) is 0. The van der Waals surface area contributed by atoms with E-state index < -0.39 is 0 Å². The fraction of sp³-hybridized carbons (Fsp3) is 0.571. The molecule has 142 valence electrons. The highest BCUT2D eigenvalue weighted by Gasteiger charge is 2.22. The summed E-state index contributed by atoms with van der Waals surface area (Å²) in [6.07, 6.45) is 6.96. The zero-order chi connectivity index (χ0) is 18.2. The first-order chi connectivity index (χ1) is 12.7. The lowest BCUT2D eigenvalue weighted by Crippen LogP contribution is -2.54. The van der Waals surface area contributed by atoms with E-state index in [1.54, 1.807) is 0 Å². The molecule has 0 saturated carbocycles. The Hall–Kier alpha value is -1.85. The van der Waals surface area contributed by atoms with Crippen LogP contribution in [0.25, 0.3) is 6.08 Å². The largest absolute Gasteiger partial charge is 0.334 e. The fourth-order valence-corrected chi connectivity index (χ4v) is 3.74. The van der Waals surface area contributed by atoms with E-state index in [-0.39, 0.29) is 12.1 Å². The van der Waals surface area contributed by atoms with Crippen molar-refractivity contribution >= 4 is 12.1 Å². The maximum absolute atomic E-state index is 12.5. The summed E-state index contributed by atoms with van der Waals surface area (Å²) in [7, 11) is 0. The molecule has 1 aromatic rings. The van der Waals surface area contributed by atoms with E-state index in [1.807, 2.05) is 11.0 Å². The average Bonchev–Trinajstić information content (AvgIpc) is 3.16. The van der Waals surface area contributed by atoms with Gasteiger partial charge in [0.15, 0.2) is 0 Å². The Morgan fingerprint density at radius 1 is 1.04 bits per heavy atom. The molecule has 1 N–H and O–H groups in total. The smallest absolute Gasteiger partial charge is 0.317 e. The molecule has 2 heterocycles. The molecule has 2 amide bonds. The first-order valence-corrected chi connectivity index (χ1v) is 9.92. The first kappa shape index (κ1) is 18.9. The van der Waals surface area contributed by atoms with E-state index in [1.165, 1.54) is 31.5 Å². The topological polar surface area (TPSA) is 38.8 Å². The molecule has 0 radical (unpaired) electrons. The molecule has 0 bridgehead atoms. The summed E-state index contributed by atoms with van der Waals surface area (Å²) < 4.78 is 0. The normalized spacial score (nSPS) is 20.6. The molecule has 3 rings (SSSR count). The van der Waals surface area contributed by atoms with Gasteiger partial charge in [-0.05, 0) is 38.4 Å². The lowest BCUT2D eigenvalue weighted by molar-refractivity contribution is 0.143. The highest BCUT2D eigenvalue weighted by atomic mass is 16.2. The first-order valence-electron chi connectivity index (χ1n) is 9.92. The van der Waals surface area contributed by atoms with Gasteiger partial charge in [0.1, 0.15) is 0 Å². The van der Waals surface area contributed by atoms with Gasteiger partial charge in [0, 0.05) is 45.3 Å². The van der Waals surface area contributed by atoms with E-state index >= 15 is 0 Å². The average molecular weight is 357 g/mol. The zero-order valence-corrected chi connectivity index (χ0v) is 15.9. The summed E-state index contributed by atoms with van der Waals surface area (Å²) in [5, 5.41) is 3.17. The minimum absolute atomic E-state index is 0.0937. The van der Waals surface area contributed by atoms with Crippen LogP contribution in [0.5, 0.6) is 0 Å². The van der Waals surface area contributed by atoms with Crippen molar-refractivity contribution in [3.63, 3.8) is 0 Å². The van der Waals surface area contributed by atoms with Crippen LogP contribution in [0.2, 0.25) is 0 Å². The number of nitrogens with zero attached hydrogens (tertiary/aromatic N) is 3. The van der Waals surface area contributed by atoms with Crippen LogP contribution in [0.4, 0.5) is 4.79 Å². The Bertz CT molecular complexity index is 575. The molecular formula is C21H32N4O. The number of piperazine rings is 1. The molecule has 1 atom stereocenters. The van der Waals surface area contributed by atoms with Crippen LogP contribution in [-0.2, 0) is 0 Å². The fourth-order valence-electron chi connectivity index (χ4n) is 3.74. The molecule has 26 heavy (non-hydrogen) atoms. The van der Waals surface area contributed by atoms with Gasteiger partial charge in [-0.2, -0.15) is 0 Å². The lowest BCUT2D eigenvalue weighted by atomic mass is 10.2. The Labute approximate surface area is 157 Å². The molecular weight excluding hydrogens is 324 g/mol. The maximum atomic E-state index is 12.5. The molecule has 2 aliphatic heterocycles. The van der Waals surface area contributed by atoms with Gasteiger partial charge < -0.3 is 15.1 Å². The van der Waals surface area contributed by atoms with Crippen molar-refractivity contribution in [3.05, 3.63) is 42.0 Å². The maximum Gasteiger partial charge on any atom is 0.317 e. The Morgan fingerprint density at radius 3 is 2.42 bits per heavy atom. The predicted octanol–water partition coefficient (Wildman–Crippen LogP) is 2.51. The van der Waals surface area contributed by atoms with Gasteiger partial charge in [-0.3, -0.25) is 4.90 Å². The van der Waals surface area contributed by atoms with Gasteiger partial charge >= 0.3 is 6.03 Å². The summed E-state index contributed by atoms with van der Waals surface area (Å²) in [4.78, 5) is 19.3. The Morgan fingerprint density at radius 2 is 1.73 bits per heavy atom. The second-order valence-corrected chi connectivity index (χ2v) is 7.46. The van der Waals surface area contributed by atoms with Crippen molar-refractivity contribution in [1.82, 2.24) is 20.0 Å². The summed E-state index contributed by atoms with van der Waals surface area (Å²) >= 11 is 0. The highest BCUT2D eigenvalue weighted by Crippen LogP contribution is 2.08. The molecule has 2 aliphatic rings. The van der Waals surface area contributed by atoms with Gasteiger partial charge in [0.2, 0.25) is 0 Å². The number of rotatable bonds is 6. The van der Waals surface area contributed by atoms with Crippen molar-refractivity contribution in [2.75, 3.05) is 52.4 Å². The van der Waals surface area contributed by atoms with Gasteiger partial charge in [0.05, 0.1) is 0 Å². The molecule has 5 heteroatoms. The number of nitrogens with one attached hydrogen (secondary N) is 1. The van der Waals surface area contributed by atoms with E-state index in [9.17, 15) is 4.79 Å². The third-order valence-electron chi connectivity index (χ3n) is 5.23. The summed E-state index contributed by atoms with van der Waals surface area (Å²) in [5.41, 5.74) is 1.23. The molecule has 5 nitrogen and oxygen atoms in total. The number of carbonyl (C=O) groups is 1. The van der Waals surface area contributed by atoms with Crippen LogP contribution < -0.4 is 5.32 Å². The second kappa shape index (κ2) is 9.74. The van der Waals surface area contributed by atoms with Crippen LogP contribution in [0, 0.1) is 0 Å². The van der Waals surface area contributed by atoms with Crippen molar-refractivity contribution < 1.29 is 4.79 Å².